The molecule has 0 saturated carbocycles. The Balaban J connectivity index is 1.35. The van der Waals surface area contributed by atoms with Crippen LogP contribution in [0.1, 0.15) is 5.69 Å². The molecular weight excluding hydrogens is 380 g/mol. The van der Waals surface area contributed by atoms with Crippen LogP contribution in [-0.2, 0) is 11.2 Å². The number of carbonyl (C=O) groups is 1. The van der Waals surface area contributed by atoms with E-state index in [9.17, 15) is 4.79 Å². The van der Waals surface area contributed by atoms with Gasteiger partial charge >= 0.3 is 0 Å². The Labute approximate surface area is 163 Å². The van der Waals surface area contributed by atoms with Gasteiger partial charge in [-0.15, -0.1) is 22.7 Å². The lowest BCUT2D eigenvalue weighted by molar-refractivity contribution is -0.115. The smallest absolute Gasteiger partial charge is 0.232 e. The Morgan fingerprint density at radius 2 is 1.93 bits per heavy atom. The van der Waals surface area contributed by atoms with Crippen LogP contribution >= 0.6 is 22.7 Å². The van der Waals surface area contributed by atoms with Crippen molar-refractivity contribution in [1.29, 1.82) is 0 Å². The summed E-state index contributed by atoms with van der Waals surface area (Å²) in [5.74, 6) is 0.561. The first-order valence-electron chi connectivity index (χ1n) is 8.04. The van der Waals surface area contributed by atoms with Gasteiger partial charge in [0.2, 0.25) is 5.91 Å². The van der Waals surface area contributed by atoms with Gasteiger partial charge in [-0.3, -0.25) is 9.78 Å². The van der Waals surface area contributed by atoms with Gasteiger partial charge in [0, 0.05) is 34.9 Å². The summed E-state index contributed by atoms with van der Waals surface area (Å²) in [5, 5.41) is 10.9. The molecule has 0 aliphatic carbocycles. The molecule has 0 atom stereocenters. The summed E-state index contributed by atoms with van der Waals surface area (Å²) in [6.45, 7) is 0. The number of hydrogen-bond acceptors (Lipinski definition) is 8. The Bertz CT molecular complexity index is 1030. The lowest BCUT2D eigenvalue weighted by atomic mass is 10.2. The molecule has 27 heavy (non-hydrogen) atoms. The van der Waals surface area contributed by atoms with E-state index in [1.54, 1.807) is 18.6 Å². The third-order valence-electron chi connectivity index (χ3n) is 3.50. The highest BCUT2D eigenvalue weighted by Gasteiger charge is 2.11. The molecule has 4 heterocycles. The van der Waals surface area contributed by atoms with Crippen molar-refractivity contribution in [3.05, 3.63) is 65.4 Å². The summed E-state index contributed by atoms with van der Waals surface area (Å²) in [6, 6.07) is 9.38. The minimum atomic E-state index is -0.156. The first-order chi connectivity index (χ1) is 13.3. The van der Waals surface area contributed by atoms with Gasteiger partial charge in [-0.1, -0.05) is 6.07 Å². The summed E-state index contributed by atoms with van der Waals surface area (Å²) in [7, 11) is 0. The zero-order valence-electron chi connectivity index (χ0n) is 14.0. The molecule has 134 valence electrons. The molecule has 4 aromatic rings. The second-order valence-electron chi connectivity index (χ2n) is 5.49. The van der Waals surface area contributed by atoms with Gasteiger partial charge in [-0.2, -0.15) is 0 Å². The topological polar surface area (TPSA) is 92.7 Å². The lowest BCUT2D eigenvalue weighted by Crippen LogP contribution is -2.14. The Hall–Kier alpha value is -3.17. The van der Waals surface area contributed by atoms with Crippen molar-refractivity contribution in [2.24, 2.45) is 0 Å². The van der Waals surface area contributed by atoms with E-state index in [2.05, 4.69) is 30.6 Å². The van der Waals surface area contributed by atoms with E-state index in [0.717, 1.165) is 11.3 Å². The number of hydrogen-bond donors (Lipinski definition) is 2. The van der Waals surface area contributed by atoms with E-state index in [1.807, 2.05) is 41.1 Å². The molecule has 1 amide bonds. The maximum atomic E-state index is 12.3. The van der Waals surface area contributed by atoms with Gasteiger partial charge in [0.15, 0.2) is 10.3 Å². The Morgan fingerprint density at radius 1 is 1.00 bits per heavy atom. The van der Waals surface area contributed by atoms with Crippen molar-refractivity contribution in [2.45, 2.75) is 6.42 Å². The average molecular weight is 394 g/mol. The van der Waals surface area contributed by atoms with E-state index in [0.29, 0.717) is 21.8 Å². The average Bonchev–Trinajstić information content (AvgIpc) is 3.33. The molecule has 0 bridgehead atoms. The standard InChI is InChI=1S/C18H14N6OS2/c25-16(24-18-22-14(11-27-18)12-4-3-6-19-9-12)8-13-10-26-17(21-13)23-15-5-1-2-7-20-15/h1-7,9-11H,8H2,(H,20,21,23)(H,22,24,25). The van der Waals surface area contributed by atoms with Crippen LogP contribution < -0.4 is 10.6 Å². The molecule has 4 rings (SSSR count). The SMILES string of the molecule is O=C(Cc1csc(Nc2ccccn2)n1)Nc1nc(-c2cccnc2)cs1. The largest absolute Gasteiger partial charge is 0.316 e. The van der Waals surface area contributed by atoms with Gasteiger partial charge in [0.25, 0.3) is 0 Å². The molecule has 0 aromatic carbocycles. The predicted octanol–water partition coefficient (Wildman–Crippen LogP) is 3.98. The third kappa shape index (κ3) is 4.52. The quantitative estimate of drug-likeness (QED) is 0.514. The van der Waals surface area contributed by atoms with Crippen molar-refractivity contribution >= 4 is 44.7 Å². The van der Waals surface area contributed by atoms with Crippen LogP contribution in [0.4, 0.5) is 16.1 Å². The zero-order chi connectivity index (χ0) is 18.5. The number of pyridine rings is 2. The minimum Gasteiger partial charge on any atom is -0.316 e. The molecule has 4 aromatic heterocycles. The molecule has 0 aliphatic heterocycles. The van der Waals surface area contributed by atoms with Crippen molar-refractivity contribution in [3.8, 4) is 11.3 Å². The molecule has 0 fully saturated rings. The van der Waals surface area contributed by atoms with E-state index >= 15 is 0 Å². The lowest BCUT2D eigenvalue weighted by Gasteiger charge is -2.00. The van der Waals surface area contributed by atoms with Crippen molar-refractivity contribution in [1.82, 2.24) is 19.9 Å². The predicted molar refractivity (Wildman–Crippen MR) is 107 cm³/mol. The van der Waals surface area contributed by atoms with Gasteiger partial charge in [0.05, 0.1) is 17.8 Å². The normalized spacial score (nSPS) is 10.5. The number of amides is 1. The van der Waals surface area contributed by atoms with Gasteiger partial charge in [0.1, 0.15) is 5.82 Å². The van der Waals surface area contributed by atoms with Crippen molar-refractivity contribution in [2.75, 3.05) is 10.6 Å². The molecule has 9 heteroatoms. The van der Waals surface area contributed by atoms with E-state index in [1.165, 1.54) is 22.7 Å². The fourth-order valence-electron chi connectivity index (χ4n) is 2.30. The highest BCUT2D eigenvalue weighted by molar-refractivity contribution is 7.14. The first-order valence-corrected chi connectivity index (χ1v) is 9.80. The fraction of sp³-hybridized carbons (Fsp3) is 0.0556. The second kappa shape index (κ2) is 8.02. The van der Waals surface area contributed by atoms with E-state index in [4.69, 9.17) is 0 Å². The number of carbonyl (C=O) groups excluding carboxylic acids is 1. The minimum absolute atomic E-state index is 0.156. The summed E-state index contributed by atoms with van der Waals surface area (Å²) < 4.78 is 0. The van der Waals surface area contributed by atoms with Crippen LogP contribution in [0.25, 0.3) is 11.3 Å². The number of nitrogens with zero attached hydrogens (tertiary/aromatic N) is 4. The molecule has 0 saturated heterocycles. The van der Waals surface area contributed by atoms with Gasteiger partial charge < -0.3 is 10.6 Å². The third-order valence-corrected chi connectivity index (χ3v) is 5.07. The molecule has 0 radical (unpaired) electrons. The van der Waals surface area contributed by atoms with Crippen LogP contribution in [0, 0.1) is 0 Å². The molecule has 0 aliphatic rings. The highest BCUT2D eigenvalue weighted by atomic mass is 32.1. The number of rotatable bonds is 6. The number of anilines is 3. The zero-order valence-corrected chi connectivity index (χ0v) is 15.6. The van der Waals surface area contributed by atoms with Crippen LogP contribution in [0.15, 0.2) is 59.7 Å². The van der Waals surface area contributed by atoms with Crippen molar-refractivity contribution < 1.29 is 4.79 Å². The molecule has 0 spiro atoms. The summed E-state index contributed by atoms with van der Waals surface area (Å²) >= 11 is 2.81. The van der Waals surface area contributed by atoms with Gasteiger partial charge in [-0.05, 0) is 24.3 Å². The number of nitrogens with one attached hydrogen (secondary N) is 2. The second-order valence-corrected chi connectivity index (χ2v) is 7.20. The van der Waals surface area contributed by atoms with Crippen LogP contribution in [0.5, 0.6) is 0 Å². The first kappa shape index (κ1) is 17.3. The van der Waals surface area contributed by atoms with Gasteiger partial charge in [-0.25, -0.2) is 15.0 Å². The van der Waals surface area contributed by atoms with E-state index in [-0.39, 0.29) is 12.3 Å². The number of thiazole rings is 2. The van der Waals surface area contributed by atoms with Crippen molar-refractivity contribution in [3.63, 3.8) is 0 Å². The van der Waals surface area contributed by atoms with E-state index < -0.39 is 0 Å². The molecule has 7 nitrogen and oxygen atoms in total. The summed E-state index contributed by atoms with van der Waals surface area (Å²) in [6.07, 6.45) is 5.34. The monoisotopic (exact) mass is 394 g/mol. The summed E-state index contributed by atoms with van der Waals surface area (Å²) in [4.78, 5) is 29.4. The maximum absolute atomic E-state index is 12.3. The van der Waals surface area contributed by atoms with Crippen LogP contribution in [0.2, 0.25) is 0 Å². The fourth-order valence-corrected chi connectivity index (χ4v) is 3.75. The summed E-state index contributed by atoms with van der Waals surface area (Å²) in [5.41, 5.74) is 2.40. The molecule has 2 N–H and O–H groups in total. The maximum Gasteiger partial charge on any atom is 0.232 e. The highest BCUT2D eigenvalue weighted by Crippen LogP contribution is 2.24. The number of aromatic nitrogens is 4. The van der Waals surface area contributed by atoms with Crippen LogP contribution in [-0.4, -0.2) is 25.8 Å². The Kier molecular flexibility index (Phi) is 5.13. The van der Waals surface area contributed by atoms with Crippen LogP contribution in [0.3, 0.4) is 0 Å². The molecule has 0 unspecified atom stereocenters. The Morgan fingerprint density at radius 3 is 2.74 bits per heavy atom. The molecular formula is C18H14N6OS2.